The quantitative estimate of drug-likeness (QED) is 0.435. The molecule has 0 spiro atoms. The average molecular weight is 436 g/mol. The van der Waals surface area contributed by atoms with Gasteiger partial charge in [-0.15, -0.1) is 0 Å². The second kappa shape index (κ2) is 10.1. The van der Waals surface area contributed by atoms with E-state index >= 15 is 0 Å². The Hall–Kier alpha value is -4.39. The normalized spacial score (nSPS) is 10.4. The number of anilines is 1. The van der Waals surface area contributed by atoms with Crippen molar-refractivity contribution in [2.45, 2.75) is 12.8 Å². The molecule has 10 heteroatoms. The van der Waals surface area contributed by atoms with Crippen LogP contribution in [0.3, 0.4) is 0 Å². The van der Waals surface area contributed by atoms with Gasteiger partial charge in [-0.25, -0.2) is 9.07 Å². The van der Waals surface area contributed by atoms with Crippen LogP contribution in [-0.2, 0) is 11.2 Å². The Morgan fingerprint density at radius 3 is 2.66 bits per heavy atom. The SMILES string of the molecule is N#Cc1c(CCCNC(=O)COc2cccc(C(N)=O)c2)nn(-c2ccc(F)cc2)c1N. The van der Waals surface area contributed by atoms with Gasteiger partial charge < -0.3 is 21.5 Å². The maximum absolute atomic E-state index is 13.2. The van der Waals surface area contributed by atoms with E-state index in [4.69, 9.17) is 16.2 Å². The number of halogens is 1. The molecule has 3 aromatic rings. The molecule has 0 atom stereocenters. The summed E-state index contributed by atoms with van der Waals surface area (Å²) in [6.07, 6.45) is 0.917. The highest BCUT2D eigenvalue weighted by Gasteiger charge is 2.16. The Bertz CT molecular complexity index is 1170. The van der Waals surface area contributed by atoms with E-state index in [0.29, 0.717) is 36.5 Å². The van der Waals surface area contributed by atoms with Crippen LogP contribution < -0.4 is 21.5 Å². The number of nitriles is 1. The van der Waals surface area contributed by atoms with E-state index in [0.717, 1.165) is 0 Å². The number of benzene rings is 2. The molecule has 2 amide bonds. The van der Waals surface area contributed by atoms with Crippen LogP contribution >= 0.6 is 0 Å². The minimum Gasteiger partial charge on any atom is -0.484 e. The van der Waals surface area contributed by atoms with Gasteiger partial charge in [0.25, 0.3) is 5.91 Å². The number of carbonyl (C=O) groups is 2. The van der Waals surface area contributed by atoms with Crippen LogP contribution in [0.4, 0.5) is 10.2 Å². The third-order valence-electron chi connectivity index (χ3n) is 4.58. The first-order valence-electron chi connectivity index (χ1n) is 9.72. The minimum absolute atomic E-state index is 0.171. The van der Waals surface area contributed by atoms with E-state index in [1.807, 2.05) is 6.07 Å². The number of nitrogens with two attached hydrogens (primary N) is 2. The predicted molar refractivity (Wildman–Crippen MR) is 114 cm³/mol. The summed E-state index contributed by atoms with van der Waals surface area (Å²) >= 11 is 0. The number of primary amides is 1. The number of nitrogens with one attached hydrogen (secondary N) is 1. The lowest BCUT2D eigenvalue weighted by atomic mass is 10.1. The van der Waals surface area contributed by atoms with Crippen molar-refractivity contribution in [1.82, 2.24) is 15.1 Å². The highest BCUT2D eigenvalue weighted by atomic mass is 19.1. The molecule has 0 saturated heterocycles. The summed E-state index contributed by atoms with van der Waals surface area (Å²) in [7, 11) is 0. The fraction of sp³-hybridized carbons (Fsp3) is 0.182. The first kappa shape index (κ1) is 22.3. The Balaban J connectivity index is 1.51. The van der Waals surface area contributed by atoms with Crippen LogP contribution in [-0.4, -0.2) is 34.7 Å². The molecule has 32 heavy (non-hydrogen) atoms. The lowest BCUT2D eigenvalue weighted by molar-refractivity contribution is -0.123. The predicted octanol–water partition coefficient (Wildman–Crippen LogP) is 1.69. The van der Waals surface area contributed by atoms with Gasteiger partial charge in [0.15, 0.2) is 6.61 Å². The Morgan fingerprint density at radius 1 is 1.22 bits per heavy atom. The number of nitrogens with zero attached hydrogens (tertiary/aromatic N) is 3. The van der Waals surface area contributed by atoms with E-state index in [1.165, 1.54) is 35.0 Å². The van der Waals surface area contributed by atoms with Gasteiger partial charge >= 0.3 is 0 Å². The Labute approximate surface area is 183 Å². The van der Waals surface area contributed by atoms with Crippen molar-refractivity contribution in [3.8, 4) is 17.5 Å². The number of hydrogen-bond acceptors (Lipinski definition) is 6. The molecule has 0 aliphatic rings. The summed E-state index contributed by atoms with van der Waals surface area (Å²) in [6, 6.07) is 13.9. The van der Waals surface area contributed by atoms with E-state index in [9.17, 15) is 19.2 Å². The highest BCUT2D eigenvalue weighted by molar-refractivity contribution is 5.93. The molecular weight excluding hydrogens is 415 g/mol. The number of nitrogen functional groups attached to an aromatic ring is 1. The van der Waals surface area contributed by atoms with Gasteiger partial charge in [-0.3, -0.25) is 9.59 Å². The first-order chi connectivity index (χ1) is 15.4. The van der Waals surface area contributed by atoms with E-state index in [2.05, 4.69) is 10.4 Å². The smallest absolute Gasteiger partial charge is 0.257 e. The van der Waals surface area contributed by atoms with Gasteiger partial charge in [-0.1, -0.05) is 6.07 Å². The van der Waals surface area contributed by atoms with Gasteiger partial charge in [0.2, 0.25) is 5.91 Å². The van der Waals surface area contributed by atoms with Crippen molar-refractivity contribution in [3.63, 3.8) is 0 Å². The number of aromatic nitrogens is 2. The van der Waals surface area contributed by atoms with E-state index in [1.54, 1.807) is 18.2 Å². The van der Waals surface area contributed by atoms with Crippen LogP contribution in [0.15, 0.2) is 48.5 Å². The van der Waals surface area contributed by atoms with Gasteiger partial charge in [-0.2, -0.15) is 10.4 Å². The molecular formula is C22H21FN6O3. The van der Waals surface area contributed by atoms with Gasteiger partial charge in [0, 0.05) is 12.1 Å². The number of hydrogen-bond donors (Lipinski definition) is 3. The van der Waals surface area contributed by atoms with Crippen molar-refractivity contribution in [2.75, 3.05) is 18.9 Å². The summed E-state index contributed by atoms with van der Waals surface area (Å²) in [5.74, 6) is -0.785. The van der Waals surface area contributed by atoms with Crippen molar-refractivity contribution in [2.24, 2.45) is 5.73 Å². The molecule has 9 nitrogen and oxygen atoms in total. The molecule has 3 rings (SSSR count). The summed E-state index contributed by atoms with van der Waals surface area (Å²) in [6.45, 7) is 0.107. The summed E-state index contributed by atoms with van der Waals surface area (Å²) in [5.41, 5.74) is 12.8. The zero-order valence-corrected chi connectivity index (χ0v) is 17.0. The zero-order chi connectivity index (χ0) is 23.1. The fourth-order valence-electron chi connectivity index (χ4n) is 2.98. The number of aryl methyl sites for hydroxylation is 1. The zero-order valence-electron chi connectivity index (χ0n) is 17.0. The van der Waals surface area contributed by atoms with Crippen molar-refractivity contribution >= 4 is 17.6 Å². The Kier molecular flexibility index (Phi) is 7.02. The molecule has 0 unspecified atom stereocenters. The topological polar surface area (TPSA) is 149 Å². The largest absolute Gasteiger partial charge is 0.484 e. The number of rotatable bonds is 9. The lowest BCUT2D eigenvalue weighted by Crippen LogP contribution is -2.30. The molecule has 164 valence electrons. The molecule has 0 radical (unpaired) electrons. The third kappa shape index (κ3) is 5.40. The van der Waals surface area contributed by atoms with Gasteiger partial charge in [-0.05, 0) is 55.3 Å². The van der Waals surface area contributed by atoms with Crippen LogP contribution in [0.5, 0.6) is 5.75 Å². The highest BCUT2D eigenvalue weighted by Crippen LogP contribution is 2.21. The lowest BCUT2D eigenvalue weighted by Gasteiger charge is -2.08. The van der Waals surface area contributed by atoms with Crippen LogP contribution in [0.25, 0.3) is 5.69 Å². The monoisotopic (exact) mass is 436 g/mol. The maximum Gasteiger partial charge on any atom is 0.257 e. The van der Waals surface area contributed by atoms with Gasteiger partial charge in [0.05, 0.1) is 11.4 Å². The first-order valence-corrected chi connectivity index (χ1v) is 9.72. The summed E-state index contributed by atoms with van der Waals surface area (Å²) in [5, 5.41) is 16.5. The summed E-state index contributed by atoms with van der Waals surface area (Å²) < 4.78 is 19.9. The second-order valence-corrected chi connectivity index (χ2v) is 6.84. The van der Waals surface area contributed by atoms with E-state index in [-0.39, 0.29) is 35.3 Å². The summed E-state index contributed by atoms with van der Waals surface area (Å²) in [4.78, 5) is 23.2. The second-order valence-electron chi connectivity index (χ2n) is 6.84. The van der Waals surface area contributed by atoms with Gasteiger partial charge in [0.1, 0.15) is 29.0 Å². The fourth-order valence-corrected chi connectivity index (χ4v) is 2.98. The third-order valence-corrected chi connectivity index (χ3v) is 4.58. The Morgan fingerprint density at radius 2 is 1.97 bits per heavy atom. The number of amides is 2. The molecule has 0 fully saturated rings. The molecule has 0 aliphatic heterocycles. The average Bonchev–Trinajstić information content (AvgIpc) is 3.11. The van der Waals surface area contributed by atoms with Crippen LogP contribution in [0.1, 0.15) is 28.0 Å². The standard InChI is InChI=1S/C22H21FN6O3/c23-15-6-8-16(9-7-15)29-21(25)18(12-24)19(28-29)5-2-10-27-20(30)13-32-17-4-1-3-14(11-17)22(26)31/h1,3-4,6-9,11H,2,5,10,13,25H2,(H2,26,31)(H,27,30). The van der Waals surface area contributed by atoms with Crippen molar-refractivity contribution < 1.29 is 18.7 Å². The minimum atomic E-state index is -0.584. The van der Waals surface area contributed by atoms with Crippen molar-refractivity contribution in [3.05, 3.63) is 71.2 Å². The number of carbonyl (C=O) groups excluding carboxylic acids is 2. The molecule has 2 aromatic carbocycles. The molecule has 0 aliphatic carbocycles. The number of ether oxygens (including phenoxy) is 1. The molecule has 1 aromatic heterocycles. The molecule has 0 bridgehead atoms. The maximum atomic E-state index is 13.2. The van der Waals surface area contributed by atoms with Crippen LogP contribution in [0, 0.1) is 17.1 Å². The van der Waals surface area contributed by atoms with Crippen molar-refractivity contribution in [1.29, 1.82) is 5.26 Å². The molecule has 0 saturated carbocycles. The van der Waals surface area contributed by atoms with E-state index < -0.39 is 5.91 Å². The molecule has 1 heterocycles. The molecule has 5 N–H and O–H groups in total. The van der Waals surface area contributed by atoms with Crippen LogP contribution in [0.2, 0.25) is 0 Å².